The first kappa shape index (κ1) is 11.2. The van der Waals surface area contributed by atoms with Gasteiger partial charge in [-0.05, 0) is 25.2 Å². The zero-order chi connectivity index (χ0) is 10.6. The van der Waals surface area contributed by atoms with E-state index in [4.69, 9.17) is 5.73 Å². The molecule has 1 aliphatic rings. The summed E-state index contributed by atoms with van der Waals surface area (Å²) in [7, 11) is 1.71. The van der Waals surface area contributed by atoms with Crippen LogP contribution in [0.3, 0.4) is 0 Å². The lowest BCUT2D eigenvalue weighted by Gasteiger charge is -2.27. The summed E-state index contributed by atoms with van der Waals surface area (Å²) in [4.78, 5) is 15.2. The molecule has 1 fully saturated rings. The Morgan fingerprint density at radius 1 is 1.36 bits per heavy atom. The average Bonchev–Trinajstić information content (AvgIpc) is 2.51. The molecule has 0 unspecified atom stereocenters. The second-order valence-corrected chi connectivity index (χ2v) is 4.48. The molecule has 0 aromatic carbocycles. The highest BCUT2D eigenvalue weighted by Gasteiger charge is 2.35. The molecule has 0 bridgehead atoms. The molecule has 0 spiro atoms. The molecule has 14 heavy (non-hydrogen) atoms. The molecule has 1 saturated carbocycles. The highest BCUT2D eigenvalue weighted by molar-refractivity contribution is 5.82. The Labute approximate surface area is 85.8 Å². The number of ketones is 1. The third-order valence-electron chi connectivity index (χ3n) is 3.13. The quantitative estimate of drug-likeness (QED) is 0.551. The van der Waals surface area contributed by atoms with Crippen LogP contribution in [0, 0.1) is 5.41 Å². The van der Waals surface area contributed by atoms with Crippen molar-refractivity contribution in [2.45, 2.75) is 45.4 Å². The van der Waals surface area contributed by atoms with Gasteiger partial charge in [0.05, 0.1) is 5.84 Å². The van der Waals surface area contributed by atoms with Crippen LogP contribution in [0.5, 0.6) is 0 Å². The molecule has 3 nitrogen and oxygen atoms in total. The van der Waals surface area contributed by atoms with Crippen molar-refractivity contribution in [1.29, 1.82) is 0 Å². The molecule has 1 rings (SSSR count). The van der Waals surface area contributed by atoms with Crippen LogP contribution in [0.1, 0.15) is 45.4 Å². The van der Waals surface area contributed by atoms with Gasteiger partial charge >= 0.3 is 0 Å². The number of nitrogens with zero attached hydrogens (tertiary/aromatic N) is 1. The predicted octanol–water partition coefficient (Wildman–Crippen LogP) is 1.90. The number of carbonyl (C=O) groups excluding carboxylic acids is 1. The fourth-order valence-electron chi connectivity index (χ4n) is 2.53. The number of amidine groups is 1. The van der Waals surface area contributed by atoms with E-state index in [1.54, 1.807) is 14.0 Å². The first-order chi connectivity index (χ1) is 6.58. The molecule has 2 N–H and O–H groups in total. The van der Waals surface area contributed by atoms with Crippen molar-refractivity contribution >= 4 is 11.6 Å². The maximum atomic E-state index is 11.2. The summed E-state index contributed by atoms with van der Waals surface area (Å²) in [5.41, 5.74) is 5.89. The van der Waals surface area contributed by atoms with Crippen LogP contribution in [0.15, 0.2) is 4.99 Å². The van der Waals surface area contributed by atoms with Gasteiger partial charge in [0.2, 0.25) is 0 Å². The Hall–Kier alpha value is -0.860. The van der Waals surface area contributed by atoms with Gasteiger partial charge in [-0.2, -0.15) is 0 Å². The van der Waals surface area contributed by atoms with Gasteiger partial charge in [0.1, 0.15) is 5.78 Å². The number of Topliss-reactive ketones (excluding diaryl/α,β-unsaturated/α-hetero) is 1. The van der Waals surface area contributed by atoms with Crippen molar-refractivity contribution in [3.63, 3.8) is 0 Å². The monoisotopic (exact) mass is 196 g/mol. The van der Waals surface area contributed by atoms with Crippen molar-refractivity contribution in [2.24, 2.45) is 16.1 Å². The van der Waals surface area contributed by atoms with E-state index in [1.165, 1.54) is 12.8 Å². The molecule has 0 saturated heterocycles. The van der Waals surface area contributed by atoms with Crippen LogP contribution >= 0.6 is 0 Å². The maximum absolute atomic E-state index is 11.2. The third-order valence-corrected chi connectivity index (χ3v) is 3.13. The summed E-state index contributed by atoms with van der Waals surface area (Å²) in [6.07, 6.45) is 6.17. The molecule has 3 heteroatoms. The van der Waals surface area contributed by atoms with Crippen LogP contribution in [-0.2, 0) is 4.79 Å². The van der Waals surface area contributed by atoms with E-state index in [1.807, 2.05) is 0 Å². The van der Waals surface area contributed by atoms with Crippen molar-refractivity contribution in [1.82, 2.24) is 0 Å². The van der Waals surface area contributed by atoms with Crippen molar-refractivity contribution in [3.05, 3.63) is 0 Å². The number of aliphatic imine (C=N–C) groups is 1. The maximum Gasteiger partial charge on any atom is 0.130 e. The SMILES string of the molecule is CN=C(N)CC1(CC(C)=O)CCCC1. The lowest BCUT2D eigenvalue weighted by Crippen LogP contribution is -2.27. The molecule has 0 aliphatic heterocycles. The van der Waals surface area contributed by atoms with Gasteiger partial charge in [-0.3, -0.25) is 4.99 Å². The molecular formula is C11H20N2O. The van der Waals surface area contributed by atoms with Gasteiger partial charge in [-0.15, -0.1) is 0 Å². The summed E-state index contributed by atoms with van der Waals surface area (Å²) in [6, 6.07) is 0. The minimum Gasteiger partial charge on any atom is -0.387 e. The fraction of sp³-hybridized carbons (Fsp3) is 0.818. The Morgan fingerprint density at radius 2 is 1.93 bits per heavy atom. The first-order valence-electron chi connectivity index (χ1n) is 5.28. The molecule has 0 amide bonds. The van der Waals surface area contributed by atoms with Gasteiger partial charge in [-0.1, -0.05) is 12.8 Å². The smallest absolute Gasteiger partial charge is 0.130 e. The van der Waals surface area contributed by atoms with E-state index in [0.717, 1.165) is 19.3 Å². The largest absolute Gasteiger partial charge is 0.387 e. The van der Waals surface area contributed by atoms with Crippen molar-refractivity contribution < 1.29 is 4.79 Å². The van der Waals surface area contributed by atoms with Crippen molar-refractivity contribution in [3.8, 4) is 0 Å². The number of hydrogen-bond donors (Lipinski definition) is 1. The van der Waals surface area contributed by atoms with Crippen molar-refractivity contribution in [2.75, 3.05) is 7.05 Å². The summed E-state index contributed by atoms with van der Waals surface area (Å²) in [6.45, 7) is 1.67. The topological polar surface area (TPSA) is 55.4 Å². The van der Waals surface area contributed by atoms with Gasteiger partial charge in [0, 0.05) is 19.9 Å². The van der Waals surface area contributed by atoms with Crippen LogP contribution in [0.2, 0.25) is 0 Å². The summed E-state index contributed by atoms with van der Waals surface area (Å²) in [5.74, 6) is 0.962. The first-order valence-corrected chi connectivity index (χ1v) is 5.28. The number of nitrogens with two attached hydrogens (primary N) is 1. The summed E-state index contributed by atoms with van der Waals surface area (Å²) >= 11 is 0. The van der Waals surface area contributed by atoms with E-state index < -0.39 is 0 Å². The molecule has 0 aromatic heterocycles. The second-order valence-electron chi connectivity index (χ2n) is 4.48. The Bertz CT molecular complexity index is 240. The molecule has 1 aliphatic carbocycles. The van der Waals surface area contributed by atoms with Crippen LogP contribution < -0.4 is 5.73 Å². The van der Waals surface area contributed by atoms with Gasteiger partial charge in [0.15, 0.2) is 0 Å². The minimum absolute atomic E-state index is 0.134. The van der Waals surface area contributed by atoms with Crippen LogP contribution in [-0.4, -0.2) is 18.7 Å². The van der Waals surface area contributed by atoms with Gasteiger partial charge in [0.25, 0.3) is 0 Å². The highest BCUT2D eigenvalue weighted by Crippen LogP contribution is 2.44. The normalized spacial score (nSPS) is 21.1. The minimum atomic E-state index is 0.134. The molecule has 0 radical (unpaired) electrons. The van der Waals surface area contributed by atoms with Crippen LogP contribution in [0.25, 0.3) is 0 Å². The van der Waals surface area contributed by atoms with Gasteiger partial charge in [-0.25, -0.2) is 0 Å². The predicted molar refractivity (Wildman–Crippen MR) is 58.4 cm³/mol. The number of carbonyl (C=O) groups is 1. The zero-order valence-electron chi connectivity index (χ0n) is 9.18. The lowest BCUT2D eigenvalue weighted by atomic mass is 9.78. The number of rotatable bonds is 4. The number of hydrogen-bond acceptors (Lipinski definition) is 2. The van der Waals surface area contributed by atoms with Gasteiger partial charge < -0.3 is 10.5 Å². The highest BCUT2D eigenvalue weighted by atomic mass is 16.1. The second kappa shape index (κ2) is 4.58. The lowest BCUT2D eigenvalue weighted by molar-refractivity contribution is -0.119. The average molecular weight is 196 g/mol. The molecule has 0 aromatic rings. The molecule has 80 valence electrons. The summed E-state index contributed by atoms with van der Waals surface area (Å²) < 4.78 is 0. The van der Waals surface area contributed by atoms with E-state index in [0.29, 0.717) is 12.3 Å². The zero-order valence-corrected chi connectivity index (χ0v) is 9.18. The molecular weight excluding hydrogens is 176 g/mol. The Balaban J connectivity index is 2.66. The molecule has 0 atom stereocenters. The van der Waals surface area contributed by atoms with E-state index in [2.05, 4.69) is 4.99 Å². The summed E-state index contributed by atoms with van der Waals surface area (Å²) in [5, 5.41) is 0. The Kier molecular flexibility index (Phi) is 3.67. The van der Waals surface area contributed by atoms with E-state index in [9.17, 15) is 4.79 Å². The third kappa shape index (κ3) is 2.82. The standard InChI is InChI=1S/C11H20N2O/c1-9(14)7-11(5-3-4-6-11)8-10(12)13-2/h3-8H2,1-2H3,(H2,12,13). The molecule has 0 heterocycles. The van der Waals surface area contributed by atoms with Crippen LogP contribution in [0.4, 0.5) is 0 Å². The van der Waals surface area contributed by atoms with E-state index >= 15 is 0 Å². The fourth-order valence-corrected chi connectivity index (χ4v) is 2.53. The Morgan fingerprint density at radius 3 is 2.36 bits per heavy atom. The van der Waals surface area contributed by atoms with E-state index in [-0.39, 0.29) is 11.2 Å².